The second-order valence-electron chi connectivity index (χ2n) is 4.11. The number of halogens is 1. The van der Waals surface area contributed by atoms with Crippen molar-refractivity contribution in [1.82, 2.24) is 15.1 Å². The van der Waals surface area contributed by atoms with Gasteiger partial charge in [-0.3, -0.25) is 4.68 Å². The van der Waals surface area contributed by atoms with Gasteiger partial charge in [0.15, 0.2) is 0 Å². The van der Waals surface area contributed by atoms with Gasteiger partial charge in [0.05, 0.1) is 28.4 Å². The van der Waals surface area contributed by atoms with Gasteiger partial charge >= 0.3 is 0 Å². The summed E-state index contributed by atoms with van der Waals surface area (Å²) >= 11 is 3.64. The minimum atomic E-state index is 0.798. The van der Waals surface area contributed by atoms with Gasteiger partial charge in [-0.2, -0.15) is 5.10 Å². The Morgan fingerprint density at radius 2 is 2.22 bits per heavy atom. The minimum Gasteiger partial charge on any atom is -0.472 e. The van der Waals surface area contributed by atoms with Crippen LogP contribution in [0.5, 0.6) is 0 Å². The summed E-state index contributed by atoms with van der Waals surface area (Å²) in [6, 6.07) is 1.97. The van der Waals surface area contributed by atoms with Crippen LogP contribution >= 0.6 is 15.9 Å². The number of hydrogen-bond donors (Lipinski definition) is 1. The third-order valence-corrected chi connectivity index (χ3v) is 3.81. The predicted octanol–water partition coefficient (Wildman–Crippen LogP) is 3.11. The number of aryl methyl sites for hydroxylation is 2. The highest BCUT2D eigenvalue weighted by Crippen LogP contribution is 2.22. The molecule has 0 aliphatic rings. The van der Waals surface area contributed by atoms with Crippen LogP contribution in [0.3, 0.4) is 0 Å². The molecule has 0 bridgehead atoms. The van der Waals surface area contributed by atoms with Gasteiger partial charge in [0.25, 0.3) is 0 Å². The standard InChI is InChI=1S/C13H18BrN3O/c1-3-11-13(14)12(17(4-2)16-11)8-15-7-10-5-6-18-9-10/h5-6,9,15H,3-4,7-8H2,1-2H3. The monoisotopic (exact) mass is 311 g/mol. The Morgan fingerprint density at radius 1 is 1.39 bits per heavy atom. The van der Waals surface area contributed by atoms with Gasteiger partial charge in [-0.15, -0.1) is 0 Å². The van der Waals surface area contributed by atoms with Gasteiger partial charge in [-0.05, 0) is 35.3 Å². The molecule has 5 heteroatoms. The van der Waals surface area contributed by atoms with Crippen molar-refractivity contribution >= 4 is 15.9 Å². The summed E-state index contributed by atoms with van der Waals surface area (Å²) in [6.45, 7) is 6.72. The molecule has 2 rings (SSSR count). The average molecular weight is 312 g/mol. The topological polar surface area (TPSA) is 43.0 Å². The molecule has 0 spiro atoms. The Balaban J connectivity index is 2.01. The molecule has 0 aromatic carbocycles. The van der Waals surface area contributed by atoms with E-state index in [1.807, 2.05) is 10.7 Å². The molecular formula is C13H18BrN3O. The van der Waals surface area contributed by atoms with Crippen molar-refractivity contribution in [3.63, 3.8) is 0 Å². The molecule has 0 aliphatic heterocycles. The Morgan fingerprint density at radius 3 is 2.83 bits per heavy atom. The Labute approximate surface area is 115 Å². The van der Waals surface area contributed by atoms with Gasteiger partial charge in [-0.1, -0.05) is 6.92 Å². The molecule has 4 nitrogen and oxygen atoms in total. The number of nitrogens with one attached hydrogen (secondary N) is 1. The molecule has 0 atom stereocenters. The van der Waals surface area contributed by atoms with E-state index in [0.717, 1.165) is 41.8 Å². The quantitative estimate of drug-likeness (QED) is 0.891. The Hall–Kier alpha value is -1.07. The van der Waals surface area contributed by atoms with E-state index < -0.39 is 0 Å². The molecule has 98 valence electrons. The molecule has 2 aromatic rings. The van der Waals surface area contributed by atoms with Crippen LogP contribution in [0.25, 0.3) is 0 Å². The third kappa shape index (κ3) is 2.84. The second kappa shape index (κ2) is 6.20. The first-order valence-electron chi connectivity index (χ1n) is 6.22. The number of nitrogens with zero attached hydrogens (tertiary/aromatic N) is 2. The Bertz CT molecular complexity index is 491. The number of rotatable bonds is 6. The SMILES string of the molecule is CCc1nn(CC)c(CNCc2ccoc2)c1Br. The predicted molar refractivity (Wildman–Crippen MR) is 74.2 cm³/mol. The van der Waals surface area contributed by atoms with E-state index in [-0.39, 0.29) is 0 Å². The van der Waals surface area contributed by atoms with E-state index in [4.69, 9.17) is 4.42 Å². The van der Waals surface area contributed by atoms with Crippen molar-refractivity contribution < 1.29 is 4.42 Å². The number of aromatic nitrogens is 2. The lowest BCUT2D eigenvalue weighted by molar-refractivity contribution is 0.554. The maximum Gasteiger partial charge on any atom is 0.0947 e. The molecule has 0 amide bonds. The summed E-state index contributed by atoms with van der Waals surface area (Å²) in [5, 5.41) is 7.98. The first kappa shape index (κ1) is 13.4. The largest absolute Gasteiger partial charge is 0.472 e. The van der Waals surface area contributed by atoms with Gasteiger partial charge < -0.3 is 9.73 Å². The van der Waals surface area contributed by atoms with Crippen molar-refractivity contribution in [3.05, 3.63) is 40.0 Å². The number of hydrogen-bond acceptors (Lipinski definition) is 3. The minimum absolute atomic E-state index is 0.798. The van der Waals surface area contributed by atoms with Crippen LogP contribution in [0.15, 0.2) is 27.5 Å². The average Bonchev–Trinajstić information content (AvgIpc) is 2.99. The van der Waals surface area contributed by atoms with Crippen LogP contribution in [0.1, 0.15) is 30.8 Å². The first-order chi connectivity index (χ1) is 8.76. The lowest BCUT2D eigenvalue weighted by atomic mass is 10.3. The molecule has 0 unspecified atom stereocenters. The lowest BCUT2D eigenvalue weighted by Gasteiger charge is -2.06. The van der Waals surface area contributed by atoms with E-state index in [2.05, 4.69) is 40.2 Å². The molecule has 0 fully saturated rings. The van der Waals surface area contributed by atoms with Crippen molar-refractivity contribution in [3.8, 4) is 0 Å². The fourth-order valence-electron chi connectivity index (χ4n) is 1.90. The number of furan rings is 1. The highest BCUT2D eigenvalue weighted by atomic mass is 79.9. The van der Waals surface area contributed by atoms with Crippen LogP contribution in [-0.4, -0.2) is 9.78 Å². The second-order valence-corrected chi connectivity index (χ2v) is 4.90. The maximum atomic E-state index is 5.04. The summed E-state index contributed by atoms with van der Waals surface area (Å²) in [7, 11) is 0. The van der Waals surface area contributed by atoms with E-state index in [1.165, 1.54) is 5.69 Å². The normalized spacial score (nSPS) is 11.1. The highest BCUT2D eigenvalue weighted by molar-refractivity contribution is 9.10. The van der Waals surface area contributed by atoms with E-state index >= 15 is 0 Å². The van der Waals surface area contributed by atoms with Crippen LogP contribution in [0, 0.1) is 0 Å². The Kier molecular flexibility index (Phi) is 4.60. The zero-order chi connectivity index (χ0) is 13.0. The molecule has 2 aromatic heterocycles. The first-order valence-corrected chi connectivity index (χ1v) is 7.01. The summed E-state index contributed by atoms with van der Waals surface area (Å²) < 4.78 is 8.22. The summed E-state index contributed by atoms with van der Waals surface area (Å²) in [5.74, 6) is 0. The van der Waals surface area contributed by atoms with Crippen LogP contribution < -0.4 is 5.32 Å². The van der Waals surface area contributed by atoms with Crippen molar-refractivity contribution in [2.75, 3.05) is 0 Å². The van der Waals surface area contributed by atoms with Crippen molar-refractivity contribution in [2.45, 2.75) is 39.9 Å². The lowest BCUT2D eigenvalue weighted by Crippen LogP contribution is -2.16. The molecule has 0 radical (unpaired) electrons. The molecule has 0 saturated carbocycles. The van der Waals surface area contributed by atoms with Crippen LogP contribution in [-0.2, 0) is 26.1 Å². The van der Waals surface area contributed by atoms with Crippen LogP contribution in [0.4, 0.5) is 0 Å². The van der Waals surface area contributed by atoms with E-state index in [0.29, 0.717) is 0 Å². The van der Waals surface area contributed by atoms with Crippen molar-refractivity contribution in [2.24, 2.45) is 0 Å². The maximum absolute atomic E-state index is 5.04. The zero-order valence-electron chi connectivity index (χ0n) is 10.7. The van der Waals surface area contributed by atoms with Gasteiger partial charge in [0, 0.05) is 25.2 Å². The summed E-state index contributed by atoms with van der Waals surface area (Å²) in [6.07, 6.45) is 4.40. The summed E-state index contributed by atoms with van der Waals surface area (Å²) in [5.41, 5.74) is 3.49. The molecule has 18 heavy (non-hydrogen) atoms. The molecule has 0 aliphatic carbocycles. The molecular weight excluding hydrogens is 294 g/mol. The zero-order valence-corrected chi connectivity index (χ0v) is 12.3. The van der Waals surface area contributed by atoms with E-state index in [1.54, 1.807) is 12.5 Å². The van der Waals surface area contributed by atoms with Gasteiger partial charge in [-0.25, -0.2) is 0 Å². The fourth-order valence-corrected chi connectivity index (χ4v) is 2.61. The van der Waals surface area contributed by atoms with E-state index in [9.17, 15) is 0 Å². The molecule has 0 saturated heterocycles. The summed E-state index contributed by atoms with van der Waals surface area (Å²) in [4.78, 5) is 0. The highest BCUT2D eigenvalue weighted by Gasteiger charge is 2.13. The fraction of sp³-hybridized carbons (Fsp3) is 0.462. The molecule has 2 heterocycles. The van der Waals surface area contributed by atoms with Gasteiger partial charge in [0.2, 0.25) is 0 Å². The smallest absolute Gasteiger partial charge is 0.0947 e. The molecule has 1 N–H and O–H groups in total. The van der Waals surface area contributed by atoms with Gasteiger partial charge in [0.1, 0.15) is 0 Å². The van der Waals surface area contributed by atoms with Crippen molar-refractivity contribution in [1.29, 1.82) is 0 Å². The third-order valence-electron chi connectivity index (χ3n) is 2.90. The van der Waals surface area contributed by atoms with Crippen LogP contribution in [0.2, 0.25) is 0 Å².